The largest absolute Gasteiger partial charge is 0.380 e. The minimum atomic E-state index is -0.289. The summed E-state index contributed by atoms with van der Waals surface area (Å²) in [6, 6.07) is 19.7. The second kappa shape index (κ2) is 8.68. The van der Waals surface area contributed by atoms with Gasteiger partial charge in [0.1, 0.15) is 5.82 Å². The van der Waals surface area contributed by atoms with Crippen molar-refractivity contribution in [1.82, 2.24) is 10.2 Å². The van der Waals surface area contributed by atoms with Gasteiger partial charge in [0.2, 0.25) is 0 Å². The quantitative estimate of drug-likeness (QED) is 0.689. The highest BCUT2D eigenvalue weighted by Crippen LogP contribution is 2.22. The van der Waals surface area contributed by atoms with Crippen LogP contribution in [-0.2, 0) is 0 Å². The minimum absolute atomic E-state index is 0.215. The number of anilines is 3. The molecule has 1 aromatic heterocycles. The Morgan fingerprint density at radius 3 is 2.34 bits per heavy atom. The van der Waals surface area contributed by atoms with E-state index >= 15 is 0 Å². The summed E-state index contributed by atoms with van der Waals surface area (Å²) in [5.41, 5.74) is 1.53. The predicted octanol–water partition coefficient (Wildman–Crippen LogP) is 3.95. The number of hydrogen-bond donors (Lipinski definition) is 2. The van der Waals surface area contributed by atoms with E-state index in [1.54, 1.807) is 18.2 Å². The van der Waals surface area contributed by atoms with Gasteiger partial charge in [-0.25, -0.2) is 4.39 Å². The Hall–Kier alpha value is -3.48. The molecule has 3 aromatic rings. The van der Waals surface area contributed by atoms with Gasteiger partial charge in [-0.15, -0.1) is 10.2 Å². The molecule has 7 heteroatoms. The SMILES string of the molecule is O=C(Nc1ccccc1)c1ccc(N2CCC(Nc3ccccc3F)CC2)nn1. The third kappa shape index (κ3) is 4.68. The van der Waals surface area contributed by atoms with E-state index in [9.17, 15) is 9.18 Å². The molecule has 6 nitrogen and oxygen atoms in total. The first-order valence-corrected chi connectivity index (χ1v) is 9.65. The van der Waals surface area contributed by atoms with E-state index in [0.717, 1.165) is 31.7 Å². The molecule has 2 heterocycles. The molecule has 2 aromatic carbocycles. The Kier molecular flexibility index (Phi) is 5.65. The summed E-state index contributed by atoms with van der Waals surface area (Å²) in [5.74, 6) is 0.221. The lowest BCUT2D eigenvalue weighted by molar-refractivity contribution is 0.102. The number of nitrogens with one attached hydrogen (secondary N) is 2. The number of hydrogen-bond acceptors (Lipinski definition) is 5. The van der Waals surface area contributed by atoms with Crippen LogP contribution in [0.1, 0.15) is 23.3 Å². The highest BCUT2D eigenvalue weighted by molar-refractivity contribution is 6.02. The molecule has 0 atom stereocenters. The smallest absolute Gasteiger partial charge is 0.276 e. The normalized spacial score (nSPS) is 14.4. The fraction of sp³-hybridized carbons (Fsp3) is 0.227. The third-order valence-electron chi connectivity index (χ3n) is 4.97. The molecular weight excluding hydrogens is 369 g/mol. The average molecular weight is 391 g/mol. The van der Waals surface area contributed by atoms with Crippen molar-refractivity contribution in [2.75, 3.05) is 28.6 Å². The van der Waals surface area contributed by atoms with Crippen LogP contribution < -0.4 is 15.5 Å². The van der Waals surface area contributed by atoms with Crippen LogP contribution >= 0.6 is 0 Å². The first-order valence-electron chi connectivity index (χ1n) is 9.65. The van der Waals surface area contributed by atoms with E-state index in [-0.39, 0.29) is 23.5 Å². The summed E-state index contributed by atoms with van der Waals surface area (Å²) >= 11 is 0. The number of aromatic nitrogens is 2. The van der Waals surface area contributed by atoms with Crippen LogP contribution in [0.3, 0.4) is 0 Å². The van der Waals surface area contributed by atoms with E-state index in [0.29, 0.717) is 11.4 Å². The second-order valence-corrected chi connectivity index (χ2v) is 6.98. The molecule has 29 heavy (non-hydrogen) atoms. The Labute approximate surface area is 168 Å². The predicted molar refractivity (Wildman–Crippen MR) is 112 cm³/mol. The van der Waals surface area contributed by atoms with Gasteiger partial charge in [-0.1, -0.05) is 30.3 Å². The van der Waals surface area contributed by atoms with Crippen LogP contribution in [0.15, 0.2) is 66.7 Å². The highest BCUT2D eigenvalue weighted by atomic mass is 19.1. The zero-order chi connectivity index (χ0) is 20.1. The van der Waals surface area contributed by atoms with Crippen molar-refractivity contribution < 1.29 is 9.18 Å². The zero-order valence-electron chi connectivity index (χ0n) is 15.9. The van der Waals surface area contributed by atoms with E-state index in [4.69, 9.17) is 0 Å². The van der Waals surface area contributed by atoms with Crippen LogP contribution in [0.25, 0.3) is 0 Å². The Balaban J connectivity index is 1.32. The number of halogens is 1. The first kappa shape index (κ1) is 18.9. The van der Waals surface area contributed by atoms with Gasteiger partial charge in [-0.05, 0) is 49.2 Å². The molecule has 0 bridgehead atoms. The molecule has 2 N–H and O–H groups in total. The van der Waals surface area contributed by atoms with Gasteiger partial charge in [0, 0.05) is 24.8 Å². The lowest BCUT2D eigenvalue weighted by Crippen LogP contribution is -2.39. The molecule has 1 fully saturated rings. The van der Waals surface area contributed by atoms with Crippen molar-refractivity contribution in [3.8, 4) is 0 Å². The van der Waals surface area contributed by atoms with Crippen molar-refractivity contribution >= 4 is 23.1 Å². The van der Waals surface area contributed by atoms with Crippen LogP contribution in [0.4, 0.5) is 21.6 Å². The minimum Gasteiger partial charge on any atom is -0.380 e. The summed E-state index contributed by atoms with van der Waals surface area (Å²) < 4.78 is 13.8. The van der Waals surface area contributed by atoms with Crippen LogP contribution in [0.2, 0.25) is 0 Å². The number of benzene rings is 2. The van der Waals surface area contributed by atoms with Gasteiger partial charge in [0.25, 0.3) is 5.91 Å². The summed E-state index contributed by atoms with van der Waals surface area (Å²) in [5, 5.41) is 14.4. The number of para-hydroxylation sites is 2. The summed E-state index contributed by atoms with van der Waals surface area (Å²) in [7, 11) is 0. The number of carbonyl (C=O) groups is 1. The molecule has 0 unspecified atom stereocenters. The van der Waals surface area contributed by atoms with Gasteiger partial charge >= 0.3 is 0 Å². The van der Waals surface area contributed by atoms with E-state index in [1.165, 1.54) is 6.07 Å². The average Bonchev–Trinajstić information content (AvgIpc) is 2.77. The van der Waals surface area contributed by atoms with Crippen molar-refractivity contribution in [2.24, 2.45) is 0 Å². The number of piperidine rings is 1. The van der Waals surface area contributed by atoms with Gasteiger partial charge in [-0.2, -0.15) is 0 Å². The van der Waals surface area contributed by atoms with Gasteiger partial charge in [-0.3, -0.25) is 4.79 Å². The lowest BCUT2D eigenvalue weighted by atomic mass is 10.0. The highest BCUT2D eigenvalue weighted by Gasteiger charge is 2.21. The van der Waals surface area contributed by atoms with Crippen LogP contribution in [0, 0.1) is 5.82 Å². The lowest BCUT2D eigenvalue weighted by Gasteiger charge is -2.33. The Bertz CT molecular complexity index is 956. The van der Waals surface area contributed by atoms with E-state index < -0.39 is 0 Å². The fourth-order valence-electron chi connectivity index (χ4n) is 3.38. The van der Waals surface area contributed by atoms with Gasteiger partial charge in [0.05, 0.1) is 5.69 Å². The molecule has 4 rings (SSSR count). The van der Waals surface area contributed by atoms with E-state index in [2.05, 4.69) is 25.7 Å². The summed E-state index contributed by atoms with van der Waals surface area (Å²) in [4.78, 5) is 14.4. The number of rotatable bonds is 5. The maximum absolute atomic E-state index is 13.8. The van der Waals surface area contributed by atoms with Crippen LogP contribution in [0.5, 0.6) is 0 Å². The molecule has 1 amide bonds. The summed E-state index contributed by atoms with van der Waals surface area (Å²) in [6.45, 7) is 1.58. The monoisotopic (exact) mass is 391 g/mol. The molecule has 0 spiro atoms. The molecule has 1 saturated heterocycles. The zero-order valence-corrected chi connectivity index (χ0v) is 15.9. The fourth-order valence-corrected chi connectivity index (χ4v) is 3.38. The first-order chi connectivity index (χ1) is 14.2. The number of carbonyl (C=O) groups excluding carboxylic acids is 1. The Morgan fingerprint density at radius 1 is 0.931 bits per heavy atom. The second-order valence-electron chi connectivity index (χ2n) is 6.98. The number of nitrogens with zero attached hydrogens (tertiary/aromatic N) is 3. The molecule has 0 aliphatic carbocycles. The summed E-state index contributed by atoms with van der Waals surface area (Å²) in [6.07, 6.45) is 1.73. The number of amides is 1. The van der Waals surface area contributed by atoms with Crippen LogP contribution in [-0.4, -0.2) is 35.2 Å². The van der Waals surface area contributed by atoms with Crippen molar-refractivity contribution in [2.45, 2.75) is 18.9 Å². The maximum Gasteiger partial charge on any atom is 0.276 e. The molecule has 1 aliphatic heterocycles. The third-order valence-corrected chi connectivity index (χ3v) is 4.97. The van der Waals surface area contributed by atoms with Gasteiger partial charge < -0.3 is 15.5 Å². The van der Waals surface area contributed by atoms with Crippen molar-refractivity contribution in [3.05, 3.63) is 78.2 Å². The molecule has 0 saturated carbocycles. The molecule has 0 radical (unpaired) electrons. The van der Waals surface area contributed by atoms with Crippen molar-refractivity contribution in [1.29, 1.82) is 0 Å². The van der Waals surface area contributed by atoms with E-state index in [1.807, 2.05) is 42.5 Å². The van der Waals surface area contributed by atoms with Crippen molar-refractivity contribution in [3.63, 3.8) is 0 Å². The Morgan fingerprint density at radius 2 is 1.66 bits per heavy atom. The van der Waals surface area contributed by atoms with Gasteiger partial charge in [0.15, 0.2) is 11.5 Å². The standard InChI is InChI=1S/C22H22FN5O/c23-18-8-4-5-9-19(18)24-17-12-14-28(15-13-17)21-11-10-20(26-27-21)22(29)25-16-6-2-1-3-7-16/h1-11,17,24H,12-15H2,(H,25,29). The maximum atomic E-state index is 13.8. The molecule has 1 aliphatic rings. The molecular formula is C22H22FN5O. The molecule has 148 valence electrons. The topological polar surface area (TPSA) is 70.2 Å².